The summed E-state index contributed by atoms with van der Waals surface area (Å²) in [5.74, 6) is 20.1. The Labute approximate surface area is 513 Å². The van der Waals surface area contributed by atoms with E-state index in [1.807, 2.05) is 133 Å². The summed E-state index contributed by atoms with van der Waals surface area (Å²) in [5.41, 5.74) is 6.53. The normalized spacial score (nSPS) is 13.0. The fourth-order valence-corrected chi connectivity index (χ4v) is 9.24. The molecule has 7 rings (SSSR count). The number of carbonyl (C=O) groups is 3. The number of benzene rings is 3. The quantitative estimate of drug-likeness (QED) is 0.0258. The van der Waals surface area contributed by atoms with Crippen molar-refractivity contribution in [2.75, 3.05) is 142 Å². The highest BCUT2D eigenvalue weighted by Crippen LogP contribution is 2.19. The Kier molecular flexibility index (Phi) is 26.1. The maximum atomic E-state index is 13.2. The van der Waals surface area contributed by atoms with Crippen molar-refractivity contribution in [2.24, 2.45) is 0 Å². The van der Waals surface area contributed by atoms with Gasteiger partial charge in [0.05, 0.1) is 58.2 Å². The molecule has 0 radical (unpaired) electrons. The van der Waals surface area contributed by atoms with Crippen LogP contribution in [-0.2, 0) is 33.8 Å². The average Bonchev–Trinajstić information content (AvgIpc) is 3.81. The minimum atomic E-state index is -0.572. The number of hydrogen-bond acceptors (Lipinski definition) is 18. The van der Waals surface area contributed by atoms with Crippen LogP contribution in [-0.4, -0.2) is 205 Å². The van der Waals surface area contributed by atoms with Gasteiger partial charge in [-0.15, -0.1) is 0 Å². The monoisotopic (exact) mass is 1180 g/mol. The van der Waals surface area contributed by atoms with Gasteiger partial charge in [-0.3, -0.25) is 14.7 Å². The molecule has 3 aromatic carbocycles. The number of rotatable bonds is 24. The van der Waals surface area contributed by atoms with Crippen molar-refractivity contribution in [3.05, 3.63) is 177 Å². The number of aromatic nitrogens is 3. The van der Waals surface area contributed by atoms with E-state index in [-0.39, 0.29) is 17.1 Å². The fourth-order valence-electron chi connectivity index (χ4n) is 9.24. The fraction of sp³-hybridized carbons (Fsp3) is 0.391. The summed E-state index contributed by atoms with van der Waals surface area (Å²) in [6.07, 6.45) is 2.74. The van der Waals surface area contributed by atoms with Crippen molar-refractivity contribution >= 4 is 17.9 Å². The molecule has 87 heavy (non-hydrogen) atoms. The van der Waals surface area contributed by atoms with Crippen LogP contribution in [0.25, 0.3) is 0 Å². The molecule has 1 aliphatic rings. The Morgan fingerprint density at radius 1 is 0.379 bits per heavy atom. The van der Waals surface area contributed by atoms with Crippen molar-refractivity contribution in [3.8, 4) is 52.8 Å². The van der Waals surface area contributed by atoms with E-state index in [1.165, 1.54) is 21.3 Å². The third kappa shape index (κ3) is 22.9. The van der Waals surface area contributed by atoms with Crippen molar-refractivity contribution in [3.63, 3.8) is 0 Å². The summed E-state index contributed by atoms with van der Waals surface area (Å²) in [6.45, 7) is 9.36. The van der Waals surface area contributed by atoms with E-state index < -0.39 is 17.9 Å². The summed E-state index contributed by atoms with van der Waals surface area (Å²) in [5, 5.41) is 0. The lowest BCUT2D eigenvalue weighted by Crippen LogP contribution is -2.36. The van der Waals surface area contributed by atoms with Gasteiger partial charge in [-0.25, -0.2) is 29.3 Å². The number of ether oxygens (including phenoxy) is 6. The zero-order valence-corrected chi connectivity index (χ0v) is 51.8. The topological polar surface area (TPSA) is 165 Å². The number of carbonyl (C=O) groups excluding carboxylic acids is 3. The molecule has 1 saturated heterocycles. The third-order valence-electron chi connectivity index (χ3n) is 13.8. The standard InChI is InChI=1S/C69H81N9O9/c1-73(2)31-10-40-85-61-25-19-52(20-26-61)13-16-55-43-58(70-64(46-55)67(79)82-7)49-76-34-36-77(50-59-44-56(47-65(71-59)68(80)83-8)17-14-53-21-27-62(28-22-53)86-41-11-32-74(3)4)38-39-78(37-35-76)51-60-45-57(48-66(72-60)69(81)84-9)18-15-54-23-29-63(30-24-54)87-42-12-33-75(5)6/h19-30,43-48H,10-12,31-42,49-51H2,1-9H3. The molecular weight excluding hydrogens is 1100 g/mol. The van der Waals surface area contributed by atoms with E-state index in [0.29, 0.717) is 112 Å². The molecule has 0 amide bonds. The summed E-state index contributed by atoms with van der Waals surface area (Å²) in [4.78, 5) is 67.1. The minimum Gasteiger partial charge on any atom is -0.494 e. The van der Waals surface area contributed by atoms with Gasteiger partial charge in [0.1, 0.15) is 34.3 Å². The Hall–Kier alpha value is -8.64. The maximum absolute atomic E-state index is 13.2. The molecule has 0 unspecified atom stereocenters. The van der Waals surface area contributed by atoms with Crippen molar-refractivity contribution in [1.82, 2.24) is 44.4 Å². The lowest BCUT2D eigenvalue weighted by atomic mass is 10.1. The van der Waals surface area contributed by atoms with E-state index in [9.17, 15) is 14.4 Å². The van der Waals surface area contributed by atoms with E-state index >= 15 is 0 Å². The highest BCUT2D eigenvalue weighted by molar-refractivity contribution is 5.88. The Balaban J connectivity index is 1.16. The van der Waals surface area contributed by atoms with Gasteiger partial charge in [0.25, 0.3) is 0 Å². The summed E-state index contributed by atoms with van der Waals surface area (Å²) < 4.78 is 33.3. The van der Waals surface area contributed by atoms with Gasteiger partial charge in [0.2, 0.25) is 0 Å². The molecule has 1 aliphatic heterocycles. The Morgan fingerprint density at radius 3 is 0.851 bits per heavy atom. The van der Waals surface area contributed by atoms with Gasteiger partial charge in [-0.2, -0.15) is 0 Å². The van der Waals surface area contributed by atoms with Gasteiger partial charge in [-0.1, -0.05) is 35.5 Å². The van der Waals surface area contributed by atoms with Crippen LogP contribution < -0.4 is 14.2 Å². The number of esters is 3. The van der Waals surface area contributed by atoms with Crippen LogP contribution >= 0.6 is 0 Å². The average molecular weight is 1180 g/mol. The van der Waals surface area contributed by atoms with E-state index in [1.54, 1.807) is 18.2 Å². The molecule has 18 nitrogen and oxygen atoms in total. The first-order valence-corrected chi connectivity index (χ1v) is 29.2. The summed E-state index contributed by atoms with van der Waals surface area (Å²) in [6, 6.07) is 33.6. The highest BCUT2D eigenvalue weighted by atomic mass is 16.5. The number of methoxy groups -OCH3 is 3. The van der Waals surface area contributed by atoms with E-state index in [4.69, 9.17) is 43.4 Å². The second-order valence-electron chi connectivity index (χ2n) is 21.8. The summed E-state index contributed by atoms with van der Waals surface area (Å²) >= 11 is 0. The lowest BCUT2D eigenvalue weighted by Gasteiger charge is -2.25. The lowest BCUT2D eigenvalue weighted by molar-refractivity contribution is 0.0584. The van der Waals surface area contributed by atoms with Crippen LogP contribution in [0.2, 0.25) is 0 Å². The first-order chi connectivity index (χ1) is 42.1. The molecule has 0 bridgehead atoms. The third-order valence-corrected chi connectivity index (χ3v) is 13.8. The molecule has 0 N–H and O–H groups in total. The van der Waals surface area contributed by atoms with Crippen LogP contribution in [0.15, 0.2) is 109 Å². The molecule has 0 aliphatic carbocycles. The predicted octanol–water partition coefficient (Wildman–Crippen LogP) is 7.24. The zero-order valence-electron chi connectivity index (χ0n) is 51.8. The van der Waals surface area contributed by atoms with Crippen molar-refractivity contribution in [2.45, 2.75) is 38.9 Å². The summed E-state index contributed by atoms with van der Waals surface area (Å²) in [7, 11) is 16.2. The van der Waals surface area contributed by atoms with Crippen LogP contribution in [0.1, 0.15) is 101 Å². The number of hydrogen-bond donors (Lipinski definition) is 0. The van der Waals surface area contributed by atoms with Crippen molar-refractivity contribution in [1.29, 1.82) is 0 Å². The first-order valence-electron chi connectivity index (χ1n) is 29.2. The smallest absolute Gasteiger partial charge is 0.356 e. The van der Waals surface area contributed by atoms with Gasteiger partial charge in [-0.05, 0) is 171 Å². The second kappa shape index (κ2) is 34.5. The largest absolute Gasteiger partial charge is 0.494 e. The highest BCUT2D eigenvalue weighted by Gasteiger charge is 2.22. The first kappa shape index (κ1) is 65.9. The molecule has 3 aromatic heterocycles. The minimum absolute atomic E-state index is 0.147. The molecule has 0 saturated carbocycles. The van der Waals surface area contributed by atoms with Crippen LogP contribution in [0.5, 0.6) is 17.2 Å². The number of nitrogens with zero attached hydrogens (tertiary/aromatic N) is 9. The Morgan fingerprint density at radius 2 is 0.621 bits per heavy atom. The van der Waals surface area contributed by atoms with Crippen molar-refractivity contribution < 1.29 is 42.8 Å². The van der Waals surface area contributed by atoms with Gasteiger partial charge >= 0.3 is 17.9 Å². The molecule has 18 heteroatoms. The SMILES string of the molecule is COC(=O)c1cc(C#Cc2ccc(OCCCN(C)C)cc2)cc(CN2CCN(Cc3cc(C#Cc4ccc(OCCCN(C)C)cc4)cc(C(=O)OC)n3)CCN(Cc3cc(C#Cc4ccc(OCCCN(C)C)cc4)cc(C(=O)OC)n3)CC2)n1. The van der Waals surface area contributed by atoms with E-state index in [0.717, 1.165) is 72.8 Å². The molecule has 6 aromatic rings. The molecule has 4 heterocycles. The predicted molar refractivity (Wildman–Crippen MR) is 336 cm³/mol. The van der Waals surface area contributed by atoms with Crippen LogP contribution in [0.3, 0.4) is 0 Å². The van der Waals surface area contributed by atoms with Gasteiger partial charge < -0.3 is 43.1 Å². The number of pyridine rings is 3. The second-order valence-corrected chi connectivity index (χ2v) is 21.8. The Bertz CT molecular complexity index is 3040. The maximum Gasteiger partial charge on any atom is 0.356 e. The van der Waals surface area contributed by atoms with Gasteiger partial charge in [0, 0.05) is 112 Å². The van der Waals surface area contributed by atoms with Gasteiger partial charge in [0.15, 0.2) is 0 Å². The molecule has 0 atom stereocenters. The zero-order chi connectivity index (χ0) is 61.9. The molecule has 0 spiro atoms. The molecule has 1 fully saturated rings. The van der Waals surface area contributed by atoms with Crippen LogP contribution in [0, 0.1) is 35.5 Å². The molecule has 456 valence electrons. The van der Waals surface area contributed by atoms with E-state index in [2.05, 4.69) is 64.9 Å². The van der Waals surface area contributed by atoms with Crippen LogP contribution in [0.4, 0.5) is 0 Å². The molecular formula is C69H81N9O9.